The van der Waals surface area contributed by atoms with Crippen LogP contribution in [0.5, 0.6) is 0 Å². The highest BCUT2D eigenvalue weighted by molar-refractivity contribution is 7.80. The van der Waals surface area contributed by atoms with Crippen molar-refractivity contribution in [1.82, 2.24) is 9.55 Å². The van der Waals surface area contributed by atoms with Crippen molar-refractivity contribution < 1.29 is 0 Å². The summed E-state index contributed by atoms with van der Waals surface area (Å²) in [6, 6.07) is 7.01. The van der Waals surface area contributed by atoms with Gasteiger partial charge in [-0.05, 0) is 25.0 Å². The average Bonchev–Trinajstić information content (AvgIpc) is 2.33. The van der Waals surface area contributed by atoms with Crippen molar-refractivity contribution in [1.29, 1.82) is 0 Å². The molecule has 3 N–H and O–H groups in total. The number of aromatic amines is 1. The van der Waals surface area contributed by atoms with E-state index in [1.54, 1.807) is 24.3 Å². The van der Waals surface area contributed by atoms with Gasteiger partial charge in [0.15, 0.2) is 0 Å². The first kappa shape index (κ1) is 12.5. The molecule has 5 nitrogen and oxygen atoms in total. The van der Waals surface area contributed by atoms with E-state index in [0.717, 1.165) is 0 Å². The zero-order valence-corrected chi connectivity index (χ0v) is 10.5. The number of aromatic nitrogens is 2. The number of hydrogen-bond donors (Lipinski definition) is 2. The molecule has 0 bridgehead atoms. The van der Waals surface area contributed by atoms with Crippen molar-refractivity contribution in [3.05, 3.63) is 45.1 Å². The third-order valence-corrected chi connectivity index (χ3v) is 2.91. The third-order valence-electron chi connectivity index (χ3n) is 2.71. The van der Waals surface area contributed by atoms with Crippen molar-refractivity contribution in [2.75, 3.05) is 0 Å². The molecule has 0 unspecified atom stereocenters. The molecule has 0 saturated carbocycles. The Morgan fingerprint density at radius 3 is 2.78 bits per heavy atom. The Hall–Kier alpha value is -1.95. The van der Waals surface area contributed by atoms with Crippen molar-refractivity contribution in [3.63, 3.8) is 0 Å². The zero-order valence-electron chi connectivity index (χ0n) is 9.68. The highest BCUT2D eigenvalue weighted by atomic mass is 32.1. The van der Waals surface area contributed by atoms with Crippen LogP contribution in [0.4, 0.5) is 0 Å². The molecule has 0 amide bonds. The summed E-state index contributed by atoms with van der Waals surface area (Å²) in [5.41, 5.74) is 5.29. The van der Waals surface area contributed by atoms with Gasteiger partial charge in [0.25, 0.3) is 5.56 Å². The lowest BCUT2D eigenvalue weighted by molar-refractivity contribution is 0.641. The molecule has 1 aromatic heterocycles. The summed E-state index contributed by atoms with van der Waals surface area (Å²) >= 11 is 4.79. The van der Waals surface area contributed by atoms with Gasteiger partial charge in [-0.3, -0.25) is 14.3 Å². The van der Waals surface area contributed by atoms with Crippen LogP contribution in [0.1, 0.15) is 12.8 Å². The Balaban J connectivity index is 2.46. The van der Waals surface area contributed by atoms with Crippen molar-refractivity contribution in [2.45, 2.75) is 19.4 Å². The molecule has 0 radical (unpaired) electrons. The summed E-state index contributed by atoms with van der Waals surface area (Å²) in [7, 11) is 0. The van der Waals surface area contributed by atoms with Crippen molar-refractivity contribution in [2.24, 2.45) is 5.73 Å². The van der Waals surface area contributed by atoms with Gasteiger partial charge in [-0.25, -0.2) is 4.79 Å². The van der Waals surface area contributed by atoms with E-state index in [1.807, 2.05) is 0 Å². The lowest BCUT2D eigenvalue weighted by Gasteiger charge is -2.08. The molecule has 2 rings (SSSR count). The molecule has 0 aliphatic heterocycles. The lowest BCUT2D eigenvalue weighted by atomic mass is 10.2. The molecule has 1 heterocycles. The van der Waals surface area contributed by atoms with E-state index >= 15 is 0 Å². The van der Waals surface area contributed by atoms with Gasteiger partial charge >= 0.3 is 5.69 Å². The molecule has 94 valence electrons. The van der Waals surface area contributed by atoms with Gasteiger partial charge in [0, 0.05) is 6.54 Å². The molecule has 0 spiro atoms. The predicted molar refractivity (Wildman–Crippen MR) is 74.8 cm³/mol. The van der Waals surface area contributed by atoms with E-state index in [1.165, 1.54) is 4.57 Å². The quantitative estimate of drug-likeness (QED) is 0.798. The monoisotopic (exact) mass is 263 g/mol. The second kappa shape index (κ2) is 5.14. The zero-order chi connectivity index (χ0) is 13.1. The van der Waals surface area contributed by atoms with Crippen LogP contribution in [-0.4, -0.2) is 14.5 Å². The van der Waals surface area contributed by atoms with Crippen LogP contribution in [0.25, 0.3) is 10.9 Å². The third kappa shape index (κ3) is 2.48. The highest BCUT2D eigenvalue weighted by Crippen LogP contribution is 2.07. The van der Waals surface area contributed by atoms with Crippen LogP contribution in [0.15, 0.2) is 33.9 Å². The van der Waals surface area contributed by atoms with Gasteiger partial charge in [0.2, 0.25) is 0 Å². The maximum atomic E-state index is 11.8. The molecule has 0 fully saturated rings. The second-order valence-corrected chi connectivity index (χ2v) is 4.52. The summed E-state index contributed by atoms with van der Waals surface area (Å²) in [5, 5.41) is 0.507. The largest absolute Gasteiger partial charge is 0.393 e. The van der Waals surface area contributed by atoms with E-state index in [4.69, 9.17) is 18.0 Å². The molecule has 1 aromatic carbocycles. The smallest absolute Gasteiger partial charge is 0.328 e. The minimum Gasteiger partial charge on any atom is -0.393 e. The van der Waals surface area contributed by atoms with Crippen molar-refractivity contribution >= 4 is 28.1 Å². The number of benzene rings is 1. The van der Waals surface area contributed by atoms with Crippen LogP contribution in [0.3, 0.4) is 0 Å². The first-order chi connectivity index (χ1) is 8.59. The lowest BCUT2D eigenvalue weighted by Crippen LogP contribution is -2.30. The fraction of sp³-hybridized carbons (Fsp3) is 0.250. The number of H-pyrrole nitrogens is 1. The number of thiocarbonyl (C=S) groups is 1. The molecule has 6 heteroatoms. The molecule has 0 atom stereocenters. The Kier molecular flexibility index (Phi) is 3.57. The summed E-state index contributed by atoms with van der Waals surface area (Å²) in [6.07, 6.45) is 1.25. The number of fused-ring (bicyclic) bond motifs is 1. The maximum Gasteiger partial charge on any atom is 0.328 e. The Morgan fingerprint density at radius 1 is 1.33 bits per heavy atom. The second-order valence-electron chi connectivity index (χ2n) is 4.00. The number of aryl methyl sites for hydroxylation is 1. The molecule has 0 aliphatic rings. The van der Waals surface area contributed by atoms with Crippen LogP contribution < -0.4 is 17.0 Å². The van der Waals surface area contributed by atoms with Gasteiger partial charge < -0.3 is 5.73 Å². The minimum atomic E-state index is -0.401. The first-order valence-corrected chi connectivity index (χ1v) is 6.00. The summed E-state index contributed by atoms with van der Waals surface area (Å²) in [5.74, 6) is 0. The number of nitrogens with zero attached hydrogens (tertiary/aromatic N) is 1. The van der Waals surface area contributed by atoms with Crippen LogP contribution in [0.2, 0.25) is 0 Å². The van der Waals surface area contributed by atoms with Gasteiger partial charge in [0.05, 0.1) is 15.9 Å². The van der Waals surface area contributed by atoms with Gasteiger partial charge in [0.1, 0.15) is 0 Å². The Bertz CT molecular complexity index is 702. The molecular weight excluding hydrogens is 250 g/mol. The number of nitrogens with two attached hydrogens (primary N) is 1. The standard InChI is InChI=1S/C12H13N3O2S/c13-10(18)6-3-7-15-9-5-2-1-4-8(9)11(16)14-12(15)17/h1-2,4-5H,3,6-7H2,(H2,13,18)(H,14,16,17). The highest BCUT2D eigenvalue weighted by Gasteiger charge is 2.06. The summed E-state index contributed by atoms with van der Waals surface area (Å²) in [6.45, 7) is 0.480. The number of nitrogens with one attached hydrogen (secondary N) is 1. The molecule has 2 aromatic rings. The van der Waals surface area contributed by atoms with Crippen LogP contribution in [-0.2, 0) is 6.54 Å². The Labute approximate surface area is 108 Å². The summed E-state index contributed by atoms with van der Waals surface area (Å²) < 4.78 is 1.54. The predicted octanol–water partition coefficient (Wildman–Crippen LogP) is 0.756. The average molecular weight is 263 g/mol. The van der Waals surface area contributed by atoms with Crippen molar-refractivity contribution in [3.8, 4) is 0 Å². The molecule has 0 saturated heterocycles. The van der Waals surface area contributed by atoms with Crippen LogP contribution >= 0.6 is 12.2 Å². The number of hydrogen-bond acceptors (Lipinski definition) is 3. The normalized spacial score (nSPS) is 10.7. The van der Waals surface area contributed by atoms with Gasteiger partial charge in [-0.1, -0.05) is 24.4 Å². The number of rotatable bonds is 4. The topological polar surface area (TPSA) is 80.9 Å². The van der Waals surface area contributed by atoms with Gasteiger partial charge in [-0.2, -0.15) is 0 Å². The SMILES string of the molecule is NC(=S)CCCn1c(=O)[nH]c(=O)c2ccccc21. The molecular formula is C12H13N3O2S. The van der Waals surface area contributed by atoms with E-state index in [0.29, 0.717) is 35.3 Å². The van der Waals surface area contributed by atoms with E-state index in [-0.39, 0.29) is 5.56 Å². The number of para-hydroxylation sites is 1. The minimum absolute atomic E-state index is 0.360. The van der Waals surface area contributed by atoms with Gasteiger partial charge in [-0.15, -0.1) is 0 Å². The van der Waals surface area contributed by atoms with Crippen LogP contribution in [0, 0.1) is 0 Å². The Morgan fingerprint density at radius 2 is 2.06 bits per heavy atom. The first-order valence-electron chi connectivity index (χ1n) is 5.60. The van der Waals surface area contributed by atoms with E-state index in [9.17, 15) is 9.59 Å². The fourth-order valence-electron chi connectivity index (χ4n) is 1.88. The fourth-order valence-corrected chi connectivity index (χ4v) is 2.02. The molecule has 0 aliphatic carbocycles. The van der Waals surface area contributed by atoms with E-state index < -0.39 is 5.69 Å². The summed E-state index contributed by atoms with van der Waals surface area (Å²) in [4.78, 5) is 26.1. The maximum absolute atomic E-state index is 11.8. The van der Waals surface area contributed by atoms with E-state index in [2.05, 4.69) is 4.98 Å². The molecule has 18 heavy (non-hydrogen) atoms.